The molecular weight excluding hydrogens is 248 g/mol. The number of benzene rings is 1. The normalized spacial score (nSPS) is 22.4. The predicted octanol–water partition coefficient (Wildman–Crippen LogP) is 0.153. The van der Waals surface area contributed by atoms with Crippen molar-refractivity contribution in [2.24, 2.45) is 0 Å². The third-order valence-corrected chi connectivity index (χ3v) is 3.56. The predicted molar refractivity (Wildman–Crippen MR) is 64.2 cm³/mol. The number of hydrogen-bond acceptors (Lipinski definition) is 4. The number of nitrogens with zero attached hydrogens (tertiary/aromatic N) is 1. The zero-order chi connectivity index (χ0) is 13.6. The van der Waals surface area contributed by atoms with E-state index in [2.05, 4.69) is 5.32 Å². The standard InChI is InChI=1S/C13H12N2O4/c16-10-3-1-2-7-8(10)6-15(13(7)19)9-4-5-11(17)14-12(9)18/h1-3,9,16H,4-6H2,(H,14,17,18)/t9-/m1/s1. The lowest BCUT2D eigenvalue weighted by Crippen LogP contribution is -2.52. The van der Waals surface area contributed by atoms with Gasteiger partial charge in [0.25, 0.3) is 5.91 Å². The van der Waals surface area contributed by atoms with Gasteiger partial charge in [-0.25, -0.2) is 0 Å². The van der Waals surface area contributed by atoms with Crippen LogP contribution in [0.4, 0.5) is 0 Å². The number of phenols is 1. The summed E-state index contributed by atoms with van der Waals surface area (Å²) in [5.74, 6) is -0.980. The summed E-state index contributed by atoms with van der Waals surface area (Å²) in [6, 6.07) is 4.10. The maximum atomic E-state index is 12.2. The van der Waals surface area contributed by atoms with E-state index in [0.717, 1.165) is 0 Å². The van der Waals surface area contributed by atoms with E-state index >= 15 is 0 Å². The molecule has 0 radical (unpaired) electrons. The first-order valence-electron chi connectivity index (χ1n) is 6.03. The quantitative estimate of drug-likeness (QED) is 0.704. The third kappa shape index (κ3) is 1.76. The van der Waals surface area contributed by atoms with E-state index in [1.165, 1.54) is 11.0 Å². The van der Waals surface area contributed by atoms with Gasteiger partial charge in [0, 0.05) is 17.5 Å². The lowest BCUT2D eigenvalue weighted by molar-refractivity contribution is -0.136. The van der Waals surface area contributed by atoms with Gasteiger partial charge in [-0.1, -0.05) is 6.07 Å². The van der Waals surface area contributed by atoms with E-state index in [9.17, 15) is 19.5 Å². The van der Waals surface area contributed by atoms with Crippen molar-refractivity contribution in [1.29, 1.82) is 0 Å². The molecule has 3 rings (SSSR count). The summed E-state index contributed by atoms with van der Waals surface area (Å²) in [6.45, 7) is 0.202. The van der Waals surface area contributed by atoms with Crippen molar-refractivity contribution in [2.75, 3.05) is 0 Å². The minimum Gasteiger partial charge on any atom is -0.508 e. The summed E-state index contributed by atoms with van der Waals surface area (Å²) in [5.41, 5.74) is 0.960. The first kappa shape index (κ1) is 11.7. The Morgan fingerprint density at radius 1 is 1.26 bits per heavy atom. The number of rotatable bonds is 1. The second-order valence-corrected chi connectivity index (χ2v) is 4.70. The highest BCUT2D eigenvalue weighted by molar-refractivity contribution is 6.05. The highest BCUT2D eigenvalue weighted by Crippen LogP contribution is 2.32. The van der Waals surface area contributed by atoms with Crippen LogP contribution in [0.5, 0.6) is 5.75 Å². The Hall–Kier alpha value is -2.37. The molecule has 6 nitrogen and oxygen atoms in total. The zero-order valence-electron chi connectivity index (χ0n) is 10.0. The first-order valence-corrected chi connectivity index (χ1v) is 6.03. The van der Waals surface area contributed by atoms with Crippen molar-refractivity contribution in [3.05, 3.63) is 29.3 Å². The second kappa shape index (κ2) is 4.08. The van der Waals surface area contributed by atoms with Gasteiger partial charge in [0.1, 0.15) is 11.8 Å². The van der Waals surface area contributed by atoms with Gasteiger partial charge in [0.2, 0.25) is 11.8 Å². The summed E-state index contributed by atoms with van der Waals surface area (Å²) >= 11 is 0. The number of carbonyl (C=O) groups is 3. The average Bonchev–Trinajstić information content (AvgIpc) is 2.69. The van der Waals surface area contributed by atoms with Crippen LogP contribution in [0.15, 0.2) is 18.2 Å². The molecule has 2 N–H and O–H groups in total. The molecule has 1 aromatic carbocycles. The van der Waals surface area contributed by atoms with E-state index in [-0.39, 0.29) is 30.5 Å². The molecule has 2 aliphatic rings. The van der Waals surface area contributed by atoms with Crippen molar-refractivity contribution in [3.63, 3.8) is 0 Å². The van der Waals surface area contributed by atoms with Gasteiger partial charge in [-0.3, -0.25) is 19.7 Å². The van der Waals surface area contributed by atoms with Gasteiger partial charge < -0.3 is 10.0 Å². The molecule has 0 unspecified atom stereocenters. The average molecular weight is 260 g/mol. The molecular formula is C13H12N2O4. The third-order valence-electron chi connectivity index (χ3n) is 3.56. The van der Waals surface area contributed by atoms with E-state index < -0.39 is 11.9 Å². The van der Waals surface area contributed by atoms with E-state index in [1.54, 1.807) is 12.1 Å². The molecule has 98 valence electrons. The lowest BCUT2D eigenvalue weighted by atomic mass is 10.0. The molecule has 0 saturated carbocycles. The second-order valence-electron chi connectivity index (χ2n) is 4.70. The molecule has 3 amide bonds. The summed E-state index contributed by atoms with van der Waals surface area (Å²) in [4.78, 5) is 36.5. The molecule has 0 spiro atoms. The Morgan fingerprint density at radius 2 is 2.05 bits per heavy atom. The molecule has 6 heteroatoms. The summed E-state index contributed by atoms with van der Waals surface area (Å²) in [6.07, 6.45) is 0.549. The molecule has 19 heavy (non-hydrogen) atoms. The number of piperidine rings is 1. The maximum absolute atomic E-state index is 12.2. The Kier molecular flexibility index (Phi) is 2.51. The number of phenolic OH excluding ortho intramolecular Hbond substituents is 1. The fraction of sp³-hybridized carbons (Fsp3) is 0.308. The Bertz CT molecular complexity index is 596. The summed E-state index contributed by atoms with van der Waals surface area (Å²) < 4.78 is 0. The lowest BCUT2D eigenvalue weighted by Gasteiger charge is -2.29. The van der Waals surface area contributed by atoms with Crippen molar-refractivity contribution in [1.82, 2.24) is 10.2 Å². The number of nitrogens with one attached hydrogen (secondary N) is 1. The van der Waals surface area contributed by atoms with Crippen molar-refractivity contribution in [3.8, 4) is 5.75 Å². The van der Waals surface area contributed by atoms with Gasteiger partial charge in [-0.05, 0) is 18.6 Å². The van der Waals surface area contributed by atoms with Crippen LogP contribution in [0.1, 0.15) is 28.8 Å². The first-order chi connectivity index (χ1) is 9.08. The van der Waals surface area contributed by atoms with Crippen LogP contribution < -0.4 is 5.32 Å². The molecule has 2 heterocycles. The van der Waals surface area contributed by atoms with E-state index in [1.807, 2.05) is 0 Å². The van der Waals surface area contributed by atoms with Crippen LogP contribution in [-0.2, 0) is 16.1 Å². The van der Waals surface area contributed by atoms with Crippen LogP contribution >= 0.6 is 0 Å². The van der Waals surface area contributed by atoms with Gasteiger partial charge in [-0.15, -0.1) is 0 Å². The minimum atomic E-state index is -0.642. The van der Waals surface area contributed by atoms with Crippen molar-refractivity contribution >= 4 is 17.7 Å². The van der Waals surface area contributed by atoms with Crippen LogP contribution in [0.3, 0.4) is 0 Å². The fourth-order valence-electron chi connectivity index (χ4n) is 2.57. The van der Waals surface area contributed by atoms with Crippen molar-refractivity contribution < 1.29 is 19.5 Å². The van der Waals surface area contributed by atoms with Crippen molar-refractivity contribution in [2.45, 2.75) is 25.4 Å². The van der Waals surface area contributed by atoms with Crippen LogP contribution in [0.2, 0.25) is 0 Å². The van der Waals surface area contributed by atoms with Gasteiger partial charge in [0.05, 0.1) is 6.54 Å². The van der Waals surface area contributed by atoms with Gasteiger partial charge >= 0.3 is 0 Å². The van der Waals surface area contributed by atoms with Gasteiger partial charge in [-0.2, -0.15) is 0 Å². The molecule has 2 aliphatic heterocycles. The highest BCUT2D eigenvalue weighted by Gasteiger charge is 2.39. The monoisotopic (exact) mass is 260 g/mol. The number of fused-ring (bicyclic) bond motifs is 1. The number of carbonyl (C=O) groups excluding carboxylic acids is 3. The number of hydrogen-bond donors (Lipinski definition) is 2. The molecule has 0 aromatic heterocycles. The number of amides is 3. The maximum Gasteiger partial charge on any atom is 0.255 e. The Balaban J connectivity index is 1.90. The van der Waals surface area contributed by atoms with Crippen LogP contribution in [0.25, 0.3) is 0 Å². The van der Waals surface area contributed by atoms with E-state index in [4.69, 9.17) is 0 Å². The topological polar surface area (TPSA) is 86.7 Å². The molecule has 1 atom stereocenters. The highest BCUT2D eigenvalue weighted by atomic mass is 16.3. The van der Waals surface area contributed by atoms with Crippen LogP contribution in [-0.4, -0.2) is 33.8 Å². The fourth-order valence-corrected chi connectivity index (χ4v) is 2.57. The smallest absolute Gasteiger partial charge is 0.255 e. The number of aromatic hydroxyl groups is 1. The number of imide groups is 1. The molecule has 1 aromatic rings. The van der Waals surface area contributed by atoms with Gasteiger partial charge in [0.15, 0.2) is 0 Å². The molecule has 0 aliphatic carbocycles. The van der Waals surface area contributed by atoms with E-state index in [0.29, 0.717) is 17.5 Å². The Labute approximate surface area is 109 Å². The van der Waals surface area contributed by atoms with Crippen LogP contribution in [0, 0.1) is 0 Å². The molecule has 1 fully saturated rings. The minimum absolute atomic E-state index is 0.0562. The summed E-state index contributed by atoms with van der Waals surface area (Å²) in [7, 11) is 0. The SMILES string of the molecule is O=C1CC[C@@H](N2Cc3c(O)cccc3C2=O)C(=O)N1. The Morgan fingerprint density at radius 3 is 2.74 bits per heavy atom. The molecule has 0 bridgehead atoms. The molecule has 1 saturated heterocycles. The zero-order valence-corrected chi connectivity index (χ0v) is 10.0. The largest absolute Gasteiger partial charge is 0.508 e. The summed E-state index contributed by atoms with van der Waals surface area (Å²) in [5, 5.41) is 12.0.